The van der Waals surface area contributed by atoms with Crippen molar-refractivity contribution in [2.45, 2.75) is 57.2 Å². The number of nitrogens with one attached hydrogen (secondary N) is 1. The highest BCUT2D eigenvalue weighted by molar-refractivity contribution is 8.14. The monoisotopic (exact) mass is 506 g/mol. The Bertz CT molecular complexity index is 1030. The number of anilines is 1. The molecule has 0 aromatic heterocycles. The highest BCUT2D eigenvalue weighted by Gasteiger charge is 2.33. The summed E-state index contributed by atoms with van der Waals surface area (Å²) in [6.07, 6.45) is 6.00. The molecule has 1 saturated heterocycles. The lowest BCUT2D eigenvalue weighted by molar-refractivity contribution is -0.384. The highest BCUT2D eigenvalue weighted by Crippen LogP contribution is 2.31. The van der Waals surface area contributed by atoms with Gasteiger partial charge >= 0.3 is 0 Å². The van der Waals surface area contributed by atoms with E-state index in [1.807, 2.05) is 18.2 Å². The molecule has 1 N–H and O–H groups in total. The quantitative estimate of drug-likeness (QED) is 0.379. The van der Waals surface area contributed by atoms with Crippen molar-refractivity contribution in [1.29, 1.82) is 0 Å². The van der Waals surface area contributed by atoms with Crippen molar-refractivity contribution in [2.24, 2.45) is 4.99 Å². The van der Waals surface area contributed by atoms with Gasteiger partial charge in [-0.2, -0.15) is 0 Å². The summed E-state index contributed by atoms with van der Waals surface area (Å²) in [5, 5.41) is 14.5. The van der Waals surface area contributed by atoms with E-state index in [-0.39, 0.29) is 42.2 Å². The van der Waals surface area contributed by atoms with Gasteiger partial charge in [-0.25, -0.2) is 4.39 Å². The van der Waals surface area contributed by atoms with Gasteiger partial charge in [-0.3, -0.25) is 19.9 Å². The second-order valence-corrected chi connectivity index (χ2v) is 9.44. The van der Waals surface area contributed by atoms with Gasteiger partial charge in [0.05, 0.1) is 16.7 Å². The molecule has 10 heteroatoms. The van der Waals surface area contributed by atoms with Crippen LogP contribution in [0.3, 0.4) is 0 Å². The first kappa shape index (κ1) is 26.0. The van der Waals surface area contributed by atoms with Gasteiger partial charge in [0, 0.05) is 36.9 Å². The molecular formula is C24H28ClFN4O3S. The van der Waals surface area contributed by atoms with Crippen LogP contribution in [0.25, 0.3) is 0 Å². The maximum absolute atomic E-state index is 14.1. The first-order valence-electron chi connectivity index (χ1n) is 11.2. The van der Waals surface area contributed by atoms with Gasteiger partial charge in [-0.05, 0) is 24.5 Å². The number of nitro benzene ring substituents is 1. The van der Waals surface area contributed by atoms with Gasteiger partial charge in [0.15, 0.2) is 5.17 Å². The van der Waals surface area contributed by atoms with Crippen LogP contribution >= 0.6 is 24.2 Å². The standard InChI is InChI=1S/C24H27FN4O3S.ClH/c25-21-12-11-19(29(31)32)13-22(21)27-23(30)14-20-16-33-24(26-18-9-5-2-6-10-18)28(20)15-17-7-3-1-4-8-17;/h1,3-4,7-8,11-13,18,20H,2,5-6,9-10,14-16H2,(H,27,30);1H/b26-24-;. The number of carbonyl (C=O) groups excluding carboxylic acids is 1. The Morgan fingerprint density at radius 2 is 1.91 bits per heavy atom. The van der Waals surface area contributed by atoms with Crippen LogP contribution in [0.15, 0.2) is 53.5 Å². The first-order valence-corrected chi connectivity index (χ1v) is 12.2. The van der Waals surface area contributed by atoms with Gasteiger partial charge < -0.3 is 10.2 Å². The number of amides is 1. The Labute approximate surface area is 208 Å². The fourth-order valence-corrected chi connectivity index (χ4v) is 5.50. The number of thioether (sulfide) groups is 1. The van der Waals surface area contributed by atoms with Crippen molar-refractivity contribution in [1.82, 2.24) is 4.90 Å². The van der Waals surface area contributed by atoms with Crippen LogP contribution in [-0.2, 0) is 11.3 Å². The number of carbonyl (C=O) groups is 1. The number of nitro groups is 1. The number of non-ortho nitro benzene ring substituents is 1. The first-order chi connectivity index (χ1) is 16.0. The van der Waals surface area contributed by atoms with Crippen LogP contribution < -0.4 is 5.32 Å². The molecule has 7 nitrogen and oxygen atoms in total. The average Bonchev–Trinajstić information content (AvgIpc) is 3.17. The molecule has 1 aliphatic heterocycles. The Kier molecular flexibility index (Phi) is 9.29. The largest absolute Gasteiger partial charge is 0.343 e. The second kappa shape index (κ2) is 12.2. The maximum atomic E-state index is 14.1. The van der Waals surface area contributed by atoms with Crippen LogP contribution in [-0.4, -0.2) is 38.7 Å². The van der Waals surface area contributed by atoms with Gasteiger partial charge in [0.1, 0.15) is 5.82 Å². The molecular weight excluding hydrogens is 479 g/mol. The normalized spacial score (nSPS) is 19.6. The maximum Gasteiger partial charge on any atom is 0.271 e. The summed E-state index contributed by atoms with van der Waals surface area (Å²) < 4.78 is 14.1. The molecule has 2 aromatic carbocycles. The van der Waals surface area contributed by atoms with E-state index in [9.17, 15) is 19.3 Å². The van der Waals surface area contributed by atoms with Crippen molar-refractivity contribution in [3.63, 3.8) is 0 Å². The lowest BCUT2D eigenvalue weighted by Gasteiger charge is -2.27. The fourth-order valence-electron chi connectivity index (χ4n) is 4.26. The molecule has 4 rings (SSSR count). The third-order valence-corrected chi connectivity index (χ3v) is 7.16. The van der Waals surface area contributed by atoms with E-state index in [0.717, 1.165) is 41.8 Å². The molecule has 0 bridgehead atoms. The fraction of sp³-hybridized carbons (Fsp3) is 0.417. The third kappa shape index (κ3) is 6.70. The van der Waals surface area contributed by atoms with E-state index in [1.54, 1.807) is 11.8 Å². The zero-order valence-electron chi connectivity index (χ0n) is 18.7. The number of rotatable bonds is 7. The Hall–Kier alpha value is -2.65. The van der Waals surface area contributed by atoms with Crippen LogP contribution in [0.2, 0.25) is 0 Å². The molecule has 1 amide bonds. The summed E-state index contributed by atoms with van der Waals surface area (Å²) in [4.78, 5) is 30.4. The SMILES string of the molecule is Cl.O=C(CC1CS/C(=N\C2CCCCC2)N1Cc1ccccc1)Nc1cc([N+](=O)[O-])ccc1F. The zero-order chi connectivity index (χ0) is 23.2. The van der Waals surface area contributed by atoms with Crippen molar-refractivity contribution in [3.05, 3.63) is 70.0 Å². The van der Waals surface area contributed by atoms with E-state index in [4.69, 9.17) is 4.99 Å². The third-order valence-electron chi connectivity index (χ3n) is 6.01. The molecule has 182 valence electrons. The molecule has 2 fully saturated rings. The topological polar surface area (TPSA) is 87.8 Å². The number of aliphatic imine (C=N–C) groups is 1. The molecule has 0 radical (unpaired) electrons. The number of hydrogen-bond acceptors (Lipinski definition) is 5. The van der Waals surface area contributed by atoms with Crippen molar-refractivity contribution in [2.75, 3.05) is 11.1 Å². The molecule has 2 aliphatic rings. The second-order valence-electron chi connectivity index (χ2n) is 8.46. The van der Waals surface area contributed by atoms with Gasteiger partial charge in [-0.15, -0.1) is 12.4 Å². The highest BCUT2D eigenvalue weighted by atomic mass is 35.5. The number of nitrogens with zero attached hydrogens (tertiary/aromatic N) is 3. The van der Waals surface area contributed by atoms with Crippen LogP contribution in [0.5, 0.6) is 0 Å². The zero-order valence-corrected chi connectivity index (χ0v) is 20.3. The average molecular weight is 507 g/mol. The molecule has 1 unspecified atom stereocenters. The summed E-state index contributed by atoms with van der Waals surface area (Å²) in [7, 11) is 0. The van der Waals surface area contributed by atoms with Crippen LogP contribution in [0.1, 0.15) is 44.1 Å². The minimum Gasteiger partial charge on any atom is -0.343 e. The summed E-state index contributed by atoms with van der Waals surface area (Å²) in [5.41, 5.74) is 0.688. The lowest BCUT2D eigenvalue weighted by atomic mass is 9.96. The number of benzene rings is 2. The summed E-state index contributed by atoms with van der Waals surface area (Å²) in [5.74, 6) is -0.365. The Morgan fingerprint density at radius 3 is 2.62 bits per heavy atom. The molecule has 1 heterocycles. The minimum atomic E-state index is -0.699. The predicted octanol–water partition coefficient (Wildman–Crippen LogP) is 5.79. The van der Waals surface area contributed by atoms with Crippen molar-refractivity contribution < 1.29 is 14.1 Å². The Balaban J connectivity index is 0.00000324. The predicted molar refractivity (Wildman–Crippen MR) is 136 cm³/mol. The van der Waals surface area contributed by atoms with E-state index >= 15 is 0 Å². The molecule has 1 atom stereocenters. The van der Waals surface area contributed by atoms with Gasteiger partial charge in [0.25, 0.3) is 5.69 Å². The molecule has 0 spiro atoms. The van der Waals surface area contributed by atoms with Gasteiger partial charge in [0.2, 0.25) is 5.91 Å². The molecule has 1 aliphatic carbocycles. The smallest absolute Gasteiger partial charge is 0.271 e. The molecule has 1 saturated carbocycles. The van der Waals surface area contributed by atoms with E-state index in [2.05, 4.69) is 22.3 Å². The molecule has 2 aromatic rings. The number of halogens is 2. The van der Waals surface area contributed by atoms with E-state index < -0.39 is 10.7 Å². The van der Waals surface area contributed by atoms with E-state index in [0.29, 0.717) is 18.3 Å². The lowest BCUT2D eigenvalue weighted by Crippen LogP contribution is -2.37. The summed E-state index contributed by atoms with van der Waals surface area (Å²) >= 11 is 1.66. The number of hydrogen-bond donors (Lipinski definition) is 1. The van der Waals surface area contributed by atoms with Crippen LogP contribution in [0, 0.1) is 15.9 Å². The summed E-state index contributed by atoms with van der Waals surface area (Å²) in [6.45, 7) is 0.641. The van der Waals surface area contributed by atoms with E-state index in [1.165, 1.54) is 19.3 Å². The number of amidine groups is 1. The molecule has 34 heavy (non-hydrogen) atoms. The van der Waals surface area contributed by atoms with Crippen molar-refractivity contribution in [3.8, 4) is 0 Å². The Morgan fingerprint density at radius 1 is 1.18 bits per heavy atom. The van der Waals surface area contributed by atoms with Crippen LogP contribution in [0.4, 0.5) is 15.8 Å². The minimum absolute atomic E-state index is 0. The van der Waals surface area contributed by atoms with Crippen molar-refractivity contribution >= 4 is 46.6 Å². The summed E-state index contributed by atoms with van der Waals surface area (Å²) in [6, 6.07) is 13.4. The van der Waals surface area contributed by atoms with Gasteiger partial charge in [-0.1, -0.05) is 61.4 Å².